The van der Waals surface area contributed by atoms with Crippen molar-refractivity contribution in [2.75, 3.05) is 47.5 Å². The number of methoxy groups -OCH3 is 3. The molecule has 1 heterocycles. The lowest BCUT2D eigenvalue weighted by atomic mass is 9.94. The topological polar surface area (TPSA) is 43.0 Å². The van der Waals surface area contributed by atoms with Crippen LogP contribution < -0.4 is 19.5 Å². The predicted octanol–water partition coefficient (Wildman–Crippen LogP) is 4.25. The first-order valence-electron chi connectivity index (χ1n) is 10.5. The van der Waals surface area contributed by atoms with Gasteiger partial charge in [0.2, 0.25) is 5.75 Å². The fourth-order valence-corrected chi connectivity index (χ4v) is 4.38. The molecule has 1 saturated heterocycles. The van der Waals surface area contributed by atoms with E-state index in [9.17, 15) is 0 Å². The lowest BCUT2D eigenvalue weighted by Gasteiger charge is -2.32. The van der Waals surface area contributed by atoms with E-state index >= 15 is 0 Å². The summed E-state index contributed by atoms with van der Waals surface area (Å²) in [6.07, 6.45) is 1.12. The number of nitrogens with one attached hydrogen (secondary N) is 1. The summed E-state index contributed by atoms with van der Waals surface area (Å²) in [4.78, 5) is 2.55. The molecular weight excluding hydrogens is 376 g/mol. The average molecular weight is 407 g/mol. The molecule has 0 spiro atoms. The average Bonchev–Trinajstić information content (AvgIpc) is 3.07. The monoisotopic (exact) mass is 406 g/mol. The SMILES string of the molecule is COc1cc(C(c2ccc3ccccc3c2)N2CCCNCC2)cc(OC)c1OC. The Balaban J connectivity index is 1.86. The summed E-state index contributed by atoms with van der Waals surface area (Å²) in [6, 6.07) is 19.5. The van der Waals surface area contributed by atoms with Gasteiger partial charge >= 0.3 is 0 Å². The van der Waals surface area contributed by atoms with Crippen molar-refractivity contribution in [3.63, 3.8) is 0 Å². The van der Waals surface area contributed by atoms with Crippen LogP contribution in [0.3, 0.4) is 0 Å². The molecule has 3 aromatic rings. The molecule has 1 unspecified atom stereocenters. The number of nitrogens with zero attached hydrogens (tertiary/aromatic N) is 1. The summed E-state index contributed by atoms with van der Waals surface area (Å²) in [5.74, 6) is 2.00. The van der Waals surface area contributed by atoms with Crippen molar-refractivity contribution in [1.29, 1.82) is 0 Å². The highest BCUT2D eigenvalue weighted by atomic mass is 16.5. The molecule has 0 bridgehead atoms. The predicted molar refractivity (Wildman–Crippen MR) is 121 cm³/mol. The van der Waals surface area contributed by atoms with E-state index < -0.39 is 0 Å². The molecule has 0 amide bonds. The zero-order chi connectivity index (χ0) is 20.9. The summed E-state index contributed by atoms with van der Waals surface area (Å²) in [6.45, 7) is 4.04. The highest BCUT2D eigenvalue weighted by Gasteiger charge is 2.26. The van der Waals surface area contributed by atoms with Crippen molar-refractivity contribution in [3.8, 4) is 17.2 Å². The smallest absolute Gasteiger partial charge is 0.203 e. The largest absolute Gasteiger partial charge is 0.493 e. The number of hydrogen-bond acceptors (Lipinski definition) is 5. The van der Waals surface area contributed by atoms with Crippen LogP contribution in [-0.2, 0) is 0 Å². The van der Waals surface area contributed by atoms with Crippen molar-refractivity contribution in [1.82, 2.24) is 10.2 Å². The third-order valence-corrected chi connectivity index (χ3v) is 5.83. The molecule has 4 rings (SSSR count). The summed E-state index contributed by atoms with van der Waals surface area (Å²) in [5, 5.41) is 6.02. The first-order valence-corrected chi connectivity index (χ1v) is 10.5. The first kappa shape index (κ1) is 20.5. The van der Waals surface area contributed by atoms with Gasteiger partial charge in [-0.1, -0.05) is 36.4 Å². The molecule has 0 radical (unpaired) electrons. The Kier molecular flexibility index (Phi) is 6.41. The van der Waals surface area contributed by atoms with Gasteiger partial charge in [-0.25, -0.2) is 0 Å². The van der Waals surface area contributed by atoms with Gasteiger partial charge in [0.25, 0.3) is 0 Å². The molecule has 0 saturated carbocycles. The van der Waals surface area contributed by atoms with Crippen molar-refractivity contribution < 1.29 is 14.2 Å². The van der Waals surface area contributed by atoms with Gasteiger partial charge in [0.1, 0.15) is 0 Å². The Hall–Kier alpha value is -2.76. The van der Waals surface area contributed by atoms with E-state index in [1.165, 1.54) is 16.3 Å². The Morgan fingerprint density at radius 1 is 0.767 bits per heavy atom. The summed E-state index contributed by atoms with van der Waals surface area (Å²) in [5.41, 5.74) is 2.41. The second-order valence-electron chi connectivity index (χ2n) is 7.61. The maximum Gasteiger partial charge on any atom is 0.203 e. The zero-order valence-electron chi connectivity index (χ0n) is 18.0. The van der Waals surface area contributed by atoms with E-state index in [0.717, 1.165) is 38.2 Å². The normalized spacial score (nSPS) is 16.1. The molecule has 1 aliphatic rings. The number of fused-ring (bicyclic) bond motifs is 1. The van der Waals surface area contributed by atoms with Gasteiger partial charge in [-0.2, -0.15) is 0 Å². The second-order valence-corrected chi connectivity index (χ2v) is 7.61. The second kappa shape index (κ2) is 9.37. The van der Waals surface area contributed by atoms with E-state index in [0.29, 0.717) is 17.2 Å². The van der Waals surface area contributed by atoms with Crippen LogP contribution in [0, 0.1) is 0 Å². The summed E-state index contributed by atoms with van der Waals surface area (Å²) >= 11 is 0. The van der Waals surface area contributed by atoms with E-state index in [1.807, 2.05) is 0 Å². The molecule has 1 atom stereocenters. The molecule has 0 aromatic heterocycles. The van der Waals surface area contributed by atoms with Crippen molar-refractivity contribution in [3.05, 3.63) is 65.7 Å². The molecule has 1 aliphatic heterocycles. The van der Waals surface area contributed by atoms with Crippen LogP contribution >= 0.6 is 0 Å². The minimum atomic E-state index is 0.100. The minimum Gasteiger partial charge on any atom is -0.493 e. The van der Waals surface area contributed by atoms with Crippen LogP contribution in [0.5, 0.6) is 17.2 Å². The molecule has 158 valence electrons. The van der Waals surface area contributed by atoms with Crippen LogP contribution in [0.1, 0.15) is 23.6 Å². The third kappa shape index (κ3) is 4.09. The first-order chi connectivity index (χ1) is 14.7. The van der Waals surface area contributed by atoms with Crippen LogP contribution in [0.4, 0.5) is 0 Å². The lowest BCUT2D eigenvalue weighted by Crippen LogP contribution is -2.33. The standard InChI is InChI=1S/C25H30N2O3/c1-28-22-16-21(17-23(29-2)25(22)30-3)24(27-13-6-11-26-12-14-27)20-10-9-18-7-4-5-8-19(18)15-20/h4-5,7-10,15-17,24,26H,6,11-14H2,1-3H3. The fourth-order valence-electron chi connectivity index (χ4n) is 4.38. The van der Waals surface area contributed by atoms with Crippen LogP contribution in [0.25, 0.3) is 10.8 Å². The Morgan fingerprint density at radius 2 is 1.50 bits per heavy atom. The molecule has 1 N–H and O–H groups in total. The van der Waals surface area contributed by atoms with Crippen LogP contribution in [0.15, 0.2) is 54.6 Å². The Labute approximate surface area is 178 Å². The van der Waals surface area contributed by atoms with Crippen molar-refractivity contribution in [2.45, 2.75) is 12.5 Å². The van der Waals surface area contributed by atoms with E-state index in [-0.39, 0.29) is 6.04 Å². The van der Waals surface area contributed by atoms with Gasteiger partial charge in [-0.15, -0.1) is 0 Å². The zero-order valence-corrected chi connectivity index (χ0v) is 18.0. The lowest BCUT2D eigenvalue weighted by molar-refractivity contribution is 0.239. The fraction of sp³-hybridized carbons (Fsp3) is 0.360. The van der Waals surface area contributed by atoms with Crippen molar-refractivity contribution >= 4 is 10.8 Å². The van der Waals surface area contributed by atoms with Gasteiger partial charge in [-0.3, -0.25) is 4.90 Å². The number of hydrogen-bond donors (Lipinski definition) is 1. The maximum atomic E-state index is 5.65. The van der Waals surface area contributed by atoms with E-state index in [1.54, 1.807) is 21.3 Å². The van der Waals surface area contributed by atoms with Gasteiger partial charge in [-0.05, 0) is 53.1 Å². The van der Waals surface area contributed by atoms with E-state index in [2.05, 4.69) is 64.8 Å². The number of ether oxygens (including phenoxy) is 3. The highest BCUT2D eigenvalue weighted by Crippen LogP contribution is 2.42. The van der Waals surface area contributed by atoms with Crippen LogP contribution in [-0.4, -0.2) is 52.4 Å². The van der Waals surface area contributed by atoms with Gasteiger partial charge < -0.3 is 19.5 Å². The molecule has 5 nitrogen and oxygen atoms in total. The van der Waals surface area contributed by atoms with Crippen molar-refractivity contribution in [2.24, 2.45) is 0 Å². The molecule has 1 fully saturated rings. The molecule has 5 heteroatoms. The Bertz CT molecular complexity index is 972. The van der Waals surface area contributed by atoms with Gasteiger partial charge in [0.05, 0.1) is 27.4 Å². The number of rotatable bonds is 6. The molecule has 0 aliphatic carbocycles. The highest BCUT2D eigenvalue weighted by molar-refractivity contribution is 5.83. The molecular formula is C25H30N2O3. The van der Waals surface area contributed by atoms with E-state index in [4.69, 9.17) is 14.2 Å². The van der Waals surface area contributed by atoms with Gasteiger partial charge in [0.15, 0.2) is 11.5 Å². The van der Waals surface area contributed by atoms with Gasteiger partial charge in [0, 0.05) is 19.6 Å². The maximum absolute atomic E-state index is 5.65. The minimum absolute atomic E-state index is 0.100. The number of benzene rings is 3. The molecule has 30 heavy (non-hydrogen) atoms. The quantitative estimate of drug-likeness (QED) is 0.663. The summed E-state index contributed by atoms with van der Waals surface area (Å²) < 4.78 is 16.9. The van der Waals surface area contributed by atoms with Crippen LogP contribution in [0.2, 0.25) is 0 Å². The third-order valence-electron chi connectivity index (χ3n) is 5.83. The summed E-state index contributed by atoms with van der Waals surface area (Å²) in [7, 11) is 4.98. The molecule has 3 aromatic carbocycles. The Morgan fingerprint density at radius 3 is 2.20 bits per heavy atom.